The molecule has 94 valence electrons. The molecule has 4 heteroatoms. The molecule has 1 fully saturated rings. The van der Waals surface area contributed by atoms with Gasteiger partial charge in [-0.05, 0) is 19.3 Å². The van der Waals surface area contributed by atoms with Crippen molar-refractivity contribution >= 4 is 11.6 Å². The van der Waals surface area contributed by atoms with Crippen LogP contribution < -0.4 is 10.2 Å². The van der Waals surface area contributed by atoms with Gasteiger partial charge in [-0.25, -0.2) is 9.97 Å². The van der Waals surface area contributed by atoms with Crippen LogP contribution in [0.1, 0.15) is 44.9 Å². The molecule has 1 N–H and O–H groups in total. The molecule has 1 aromatic heterocycles. The second-order valence-electron chi connectivity index (χ2n) is 4.92. The Balaban J connectivity index is 2.28. The van der Waals surface area contributed by atoms with Crippen molar-refractivity contribution in [3.63, 3.8) is 0 Å². The Kier molecular flexibility index (Phi) is 3.82. The fraction of sp³-hybridized carbons (Fsp3) is 0.692. The van der Waals surface area contributed by atoms with Crippen molar-refractivity contribution in [2.75, 3.05) is 30.4 Å². The Morgan fingerprint density at radius 3 is 2.47 bits per heavy atom. The maximum atomic E-state index is 4.68. The van der Waals surface area contributed by atoms with E-state index in [1.54, 1.807) is 0 Å². The van der Waals surface area contributed by atoms with Gasteiger partial charge in [-0.3, -0.25) is 0 Å². The summed E-state index contributed by atoms with van der Waals surface area (Å²) in [4.78, 5) is 11.5. The van der Waals surface area contributed by atoms with Crippen molar-refractivity contribution in [1.29, 1.82) is 0 Å². The number of nitrogens with zero attached hydrogens (tertiary/aromatic N) is 3. The number of piperidine rings is 1. The van der Waals surface area contributed by atoms with Gasteiger partial charge in [0.25, 0.3) is 0 Å². The van der Waals surface area contributed by atoms with Crippen LogP contribution in [0, 0.1) is 0 Å². The van der Waals surface area contributed by atoms with Gasteiger partial charge < -0.3 is 10.2 Å². The summed E-state index contributed by atoms with van der Waals surface area (Å²) in [5, 5.41) is 3.12. The Labute approximate surface area is 103 Å². The minimum absolute atomic E-state index is 0.367. The molecule has 0 amide bonds. The van der Waals surface area contributed by atoms with E-state index in [1.165, 1.54) is 19.3 Å². The van der Waals surface area contributed by atoms with Crippen molar-refractivity contribution in [2.45, 2.75) is 39.0 Å². The fourth-order valence-corrected chi connectivity index (χ4v) is 2.12. The molecule has 17 heavy (non-hydrogen) atoms. The van der Waals surface area contributed by atoms with E-state index >= 15 is 0 Å². The number of rotatable bonds is 3. The smallest absolute Gasteiger partial charge is 0.135 e. The Morgan fingerprint density at radius 2 is 1.88 bits per heavy atom. The molecule has 1 saturated heterocycles. The first-order valence-corrected chi connectivity index (χ1v) is 6.52. The minimum atomic E-state index is 0.367. The van der Waals surface area contributed by atoms with E-state index in [1.807, 2.05) is 7.05 Å². The monoisotopic (exact) mass is 234 g/mol. The summed E-state index contributed by atoms with van der Waals surface area (Å²) >= 11 is 0. The highest BCUT2D eigenvalue weighted by Crippen LogP contribution is 2.22. The lowest BCUT2D eigenvalue weighted by atomic mass is 10.1. The molecule has 1 aliphatic heterocycles. The number of hydrogen-bond acceptors (Lipinski definition) is 4. The summed E-state index contributed by atoms with van der Waals surface area (Å²) < 4.78 is 0. The highest BCUT2D eigenvalue weighted by Gasteiger charge is 2.15. The Hall–Kier alpha value is -1.32. The van der Waals surface area contributed by atoms with Gasteiger partial charge in [-0.2, -0.15) is 0 Å². The maximum absolute atomic E-state index is 4.68. The van der Waals surface area contributed by atoms with Crippen LogP contribution in [0.4, 0.5) is 11.6 Å². The van der Waals surface area contributed by atoms with Crippen molar-refractivity contribution in [3.05, 3.63) is 11.9 Å². The molecule has 0 saturated carbocycles. The van der Waals surface area contributed by atoms with Gasteiger partial charge in [0.1, 0.15) is 17.5 Å². The predicted octanol–water partition coefficient (Wildman–Crippen LogP) is 2.63. The van der Waals surface area contributed by atoms with Crippen molar-refractivity contribution < 1.29 is 0 Å². The quantitative estimate of drug-likeness (QED) is 0.873. The van der Waals surface area contributed by atoms with E-state index in [0.29, 0.717) is 5.92 Å². The molecular weight excluding hydrogens is 212 g/mol. The molecule has 2 rings (SSSR count). The number of anilines is 2. The molecule has 0 spiro atoms. The Bertz CT molecular complexity index is 370. The summed E-state index contributed by atoms with van der Waals surface area (Å²) in [6.45, 7) is 6.51. The molecule has 0 radical (unpaired) electrons. The average Bonchev–Trinajstić information content (AvgIpc) is 2.39. The van der Waals surface area contributed by atoms with Crippen LogP contribution in [-0.4, -0.2) is 30.1 Å². The lowest BCUT2D eigenvalue weighted by Gasteiger charge is -2.28. The third kappa shape index (κ3) is 2.87. The van der Waals surface area contributed by atoms with Crippen LogP contribution in [0.25, 0.3) is 0 Å². The second kappa shape index (κ2) is 5.34. The zero-order valence-corrected chi connectivity index (χ0v) is 11.0. The van der Waals surface area contributed by atoms with Gasteiger partial charge >= 0.3 is 0 Å². The number of hydrogen-bond donors (Lipinski definition) is 1. The minimum Gasteiger partial charge on any atom is -0.373 e. The lowest BCUT2D eigenvalue weighted by Crippen LogP contribution is -2.30. The summed E-state index contributed by atoms with van der Waals surface area (Å²) in [7, 11) is 1.91. The van der Waals surface area contributed by atoms with E-state index < -0.39 is 0 Å². The van der Waals surface area contributed by atoms with E-state index in [-0.39, 0.29) is 0 Å². The third-order valence-electron chi connectivity index (χ3n) is 3.18. The van der Waals surface area contributed by atoms with Gasteiger partial charge in [-0.1, -0.05) is 13.8 Å². The van der Waals surface area contributed by atoms with Crippen molar-refractivity contribution in [3.8, 4) is 0 Å². The van der Waals surface area contributed by atoms with E-state index in [0.717, 1.165) is 30.5 Å². The molecule has 2 heterocycles. The van der Waals surface area contributed by atoms with Gasteiger partial charge in [-0.15, -0.1) is 0 Å². The van der Waals surface area contributed by atoms with Crippen LogP contribution in [-0.2, 0) is 0 Å². The molecule has 1 aromatic rings. The van der Waals surface area contributed by atoms with Gasteiger partial charge in [0.05, 0.1) is 0 Å². The van der Waals surface area contributed by atoms with Gasteiger partial charge in [0.15, 0.2) is 0 Å². The standard InChI is InChI=1S/C13H22N4/c1-10(2)13-15-11(14-3)9-12(16-13)17-7-5-4-6-8-17/h9-10H,4-8H2,1-3H3,(H,14,15,16). The van der Waals surface area contributed by atoms with E-state index in [2.05, 4.69) is 40.1 Å². The Morgan fingerprint density at radius 1 is 1.18 bits per heavy atom. The van der Waals surface area contributed by atoms with Crippen LogP contribution in [0.2, 0.25) is 0 Å². The first-order valence-electron chi connectivity index (χ1n) is 6.52. The molecule has 0 atom stereocenters. The molecule has 1 aliphatic rings. The first kappa shape index (κ1) is 12.1. The summed E-state index contributed by atoms with van der Waals surface area (Å²) in [5.41, 5.74) is 0. The zero-order valence-electron chi connectivity index (χ0n) is 11.0. The third-order valence-corrected chi connectivity index (χ3v) is 3.18. The highest BCUT2D eigenvalue weighted by atomic mass is 15.2. The lowest BCUT2D eigenvalue weighted by molar-refractivity contribution is 0.571. The van der Waals surface area contributed by atoms with Crippen LogP contribution >= 0.6 is 0 Å². The molecule has 0 bridgehead atoms. The van der Waals surface area contributed by atoms with Crippen LogP contribution in [0.3, 0.4) is 0 Å². The molecule has 4 nitrogen and oxygen atoms in total. The largest absolute Gasteiger partial charge is 0.373 e. The van der Waals surface area contributed by atoms with Gasteiger partial charge in [0, 0.05) is 32.1 Å². The van der Waals surface area contributed by atoms with Crippen molar-refractivity contribution in [1.82, 2.24) is 9.97 Å². The van der Waals surface area contributed by atoms with Crippen LogP contribution in [0.5, 0.6) is 0 Å². The van der Waals surface area contributed by atoms with Gasteiger partial charge in [0.2, 0.25) is 0 Å². The summed E-state index contributed by atoms with van der Waals surface area (Å²) in [5.74, 6) is 3.29. The second-order valence-corrected chi connectivity index (χ2v) is 4.92. The fourth-order valence-electron chi connectivity index (χ4n) is 2.12. The SMILES string of the molecule is CNc1cc(N2CCCCC2)nc(C(C)C)n1. The van der Waals surface area contributed by atoms with E-state index in [4.69, 9.17) is 0 Å². The van der Waals surface area contributed by atoms with Crippen molar-refractivity contribution in [2.24, 2.45) is 0 Å². The molecular formula is C13H22N4. The average molecular weight is 234 g/mol. The molecule has 0 aromatic carbocycles. The summed E-state index contributed by atoms with van der Waals surface area (Å²) in [6.07, 6.45) is 3.89. The van der Waals surface area contributed by atoms with Crippen LogP contribution in [0.15, 0.2) is 6.07 Å². The topological polar surface area (TPSA) is 41.0 Å². The number of nitrogens with one attached hydrogen (secondary N) is 1. The highest BCUT2D eigenvalue weighted by molar-refractivity contribution is 5.49. The predicted molar refractivity (Wildman–Crippen MR) is 71.7 cm³/mol. The number of aromatic nitrogens is 2. The van der Waals surface area contributed by atoms with E-state index in [9.17, 15) is 0 Å². The normalized spacial score (nSPS) is 16.4. The first-order chi connectivity index (χ1) is 8.20. The zero-order chi connectivity index (χ0) is 12.3. The summed E-state index contributed by atoms with van der Waals surface area (Å²) in [6, 6.07) is 2.05. The maximum Gasteiger partial charge on any atom is 0.135 e. The molecule has 0 unspecified atom stereocenters. The molecule has 0 aliphatic carbocycles.